The first-order valence-corrected chi connectivity index (χ1v) is 7.18. The van der Waals surface area contributed by atoms with E-state index in [1.807, 2.05) is 0 Å². The van der Waals surface area contributed by atoms with Crippen LogP contribution < -0.4 is 20.9 Å². The Morgan fingerprint density at radius 3 is 2.35 bits per heavy atom. The second kappa shape index (κ2) is 6.21. The summed E-state index contributed by atoms with van der Waals surface area (Å²) in [5, 5.41) is 0. The smallest absolute Gasteiger partial charge is 0.322 e. The lowest BCUT2D eigenvalue weighted by Crippen LogP contribution is -2.40. The van der Waals surface area contributed by atoms with Gasteiger partial charge in [0.2, 0.25) is 11.9 Å². The fraction of sp³-hybridized carbons (Fsp3) is 0.769. The zero-order valence-electron chi connectivity index (χ0n) is 12.5. The summed E-state index contributed by atoms with van der Waals surface area (Å²) in [7, 11) is 1.54. The van der Waals surface area contributed by atoms with Crippen LogP contribution in [0.5, 0.6) is 6.01 Å². The average molecular weight is 280 g/mol. The van der Waals surface area contributed by atoms with Gasteiger partial charge in [-0.3, -0.25) is 5.43 Å². The minimum atomic E-state index is 0.283. The van der Waals surface area contributed by atoms with Gasteiger partial charge in [0.25, 0.3) is 0 Å². The molecule has 0 spiro atoms. The van der Waals surface area contributed by atoms with Crippen LogP contribution >= 0.6 is 0 Å². The molecule has 2 heterocycles. The molecule has 0 radical (unpaired) electrons. The summed E-state index contributed by atoms with van der Waals surface area (Å²) in [6, 6.07) is 0.283. The SMILES string of the molecule is CCC1(CC)CCN(c2nc(NN)nc(OC)n2)CC1. The van der Waals surface area contributed by atoms with Crippen molar-refractivity contribution in [2.24, 2.45) is 11.3 Å². The van der Waals surface area contributed by atoms with E-state index in [4.69, 9.17) is 10.6 Å². The lowest BCUT2D eigenvalue weighted by atomic mass is 9.74. The predicted molar refractivity (Wildman–Crippen MR) is 78.7 cm³/mol. The van der Waals surface area contributed by atoms with Gasteiger partial charge in [0, 0.05) is 13.1 Å². The van der Waals surface area contributed by atoms with E-state index in [1.54, 1.807) is 0 Å². The lowest BCUT2D eigenvalue weighted by Gasteiger charge is -2.41. The molecule has 1 aliphatic heterocycles. The molecular formula is C13H24N6O. The summed E-state index contributed by atoms with van der Waals surface area (Å²) in [4.78, 5) is 14.8. The van der Waals surface area contributed by atoms with Gasteiger partial charge in [-0.1, -0.05) is 26.7 Å². The van der Waals surface area contributed by atoms with Gasteiger partial charge in [0.1, 0.15) is 0 Å². The van der Waals surface area contributed by atoms with Crippen molar-refractivity contribution in [1.29, 1.82) is 0 Å². The van der Waals surface area contributed by atoms with Crippen molar-refractivity contribution in [3.8, 4) is 6.01 Å². The van der Waals surface area contributed by atoms with Crippen LogP contribution in [0, 0.1) is 5.41 Å². The number of nitrogen functional groups attached to an aromatic ring is 1. The monoisotopic (exact) mass is 280 g/mol. The summed E-state index contributed by atoms with van der Waals surface area (Å²) < 4.78 is 5.09. The maximum Gasteiger partial charge on any atom is 0.322 e. The van der Waals surface area contributed by atoms with Crippen LogP contribution in [0.1, 0.15) is 39.5 Å². The molecule has 0 aromatic carbocycles. The number of nitrogens with two attached hydrogens (primary N) is 1. The molecule has 0 unspecified atom stereocenters. The van der Waals surface area contributed by atoms with Crippen LogP contribution in [0.15, 0.2) is 0 Å². The molecule has 7 heteroatoms. The summed E-state index contributed by atoms with van der Waals surface area (Å²) in [5.74, 6) is 6.34. The Balaban J connectivity index is 2.14. The number of piperidine rings is 1. The highest BCUT2D eigenvalue weighted by molar-refractivity contribution is 5.38. The standard InChI is InChI=1S/C13H24N6O/c1-4-13(5-2)6-8-19(9-7-13)11-15-10(18-14)16-12(17-11)20-3/h4-9,14H2,1-3H3,(H,15,16,17,18). The van der Waals surface area contributed by atoms with E-state index < -0.39 is 0 Å². The Morgan fingerprint density at radius 1 is 1.20 bits per heavy atom. The third-order valence-electron chi connectivity index (χ3n) is 4.52. The third-order valence-corrected chi connectivity index (χ3v) is 4.52. The largest absolute Gasteiger partial charge is 0.467 e. The van der Waals surface area contributed by atoms with Gasteiger partial charge in [-0.25, -0.2) is 5.84 Å². The number of nitrogens with zero attached hydrogens (tertiary/aromatic N) is 4. The van der Waals surface area contributed by atoms with E-state index in [1.165, 1.54) is 32.8 Å². The second-order valence-electron chi connectivity index (χ2n) is 5.28. The minimum Gasteiger partial charge on any atom is -0.467 e. The minimum absolute atomic E-state index is 0.283. The van der Waals surface area contributed by atoms with Crippen molar-refractivity contribution in [3.63, 3.8) is 0 Å². The van der Waals surface area contributed by atoms with Gasteiger partial charge >= 0.3 is 6.01 Å². The fourth-order valence-corrected chi connectivity index (χ4v) is 2.78. The number of rotatable bonds is 5. The molecule has 1 aliphatic rings. The van der Waals surface area contributed by atoms with Crippen molar-refractivity contribution in [2.45, 2.75) is 39.5 Å². The third kappa shape index (κ3) is 2.92. The Hall–Kier alpha value is -1.63. The zero-order valence-corrected chi connectivity index (χ0v) is 12.5. The second-order valence-corrected chi connectivity index (χ2v) is 5.28. The van der Waals surface area contributed by atoms with E-state index in [-0.39, 0.29) is 6.01 Å². The molecule has 112 valence electrons. The van der Waals surface area contributed by atoms with Crippen LogP contribution in [0.2, 0.25) is 0 Å². The van der Waals surface area contributed by atoms with Crippen LogP contribution in [-0.2, 0) is 0 Å². The number of hydrazine groups is 1. The maximum atomic E-state index is 5.38. The van der Waals surface area contributed by atoms with E-state index in [0.717, 1.165) is 13.1 Å². The van der Waals surface area contributed by atoms with E-state index in [9.17, 15) is 0 Å². The molecule has 2 rings (SSSR count). The van der Waals surface area contributed by atoms with Crippen molar-refractivity contribution in [2.75, 3.05) is 30.5 Å². The summed E-state index contributed by atoms with van der Waals surface area (Å²) in [5.41, 5.74) is 2.93. The number of ether oxygens (including phenoxy) is 1. The quantitative estimate of drug-likeness (QED) is 0.625. The van der Waals surface area contributed by atoms with Crippen LogP contribution in [0.4, 0.5) is 11.9 Å². The first-order valence-electron chi connectivity index (χ1n) is 7.18. The molecular weight excluding hydrogens is 256 g/mol. The average Bonchev–Trinajstić information content (AvgIpc) is 2.54. The molecule has 0 aliphatic carbocycles. The van der Waals surface area contributed by atoms with E-state index >= 15 is 0 Å². The highest BCUT2D eigenvalue weighted by Crippen LogP contribution is 2.38. The summed E-state index contributed by atoms with van der Waals surface area (Å²) >= 11 is 0. The fourth-order valence-electron chi connectivity index (χ4n) is 2.78. The number of aromatic nitrogens is 3. The summed E-state index contributed by atoms with van der Waals surface area (Å²) in [6.07, 6.45) is 4.79. The number of nitrogens with one attached hydrogen (secondary N) is 1. The Morgan fingerprint density at radius 2 is 1.85 bits per heavy atom. The van der Waals surface area contributed by atoms with Gasteiger partial charge in [-0.15, -0.1) is 0 Å². The molecule has 1 aromatic rings. The molecule has 0 atom stereocenters. The molecule has 1 aromatic heterocycles. The normalized spacial score (nSPS) is 17.9. The van der Waals surface area contributed by atoms with Crippen molar-refractivity contribution in [3.05, 3.63) is 0 Å². The topological polar surface area (TPSA) is 89.2 Å². The van der Waals surface area contributed by atoms with Gasteiger partial charge in [0.15, 0.2) is 0 Å². The van der Waals surface area contributed by atoms with Crippen LogP contribution in [0.25, 0.3) is 0 Å². The van der Waals surface area contributed by atoms with Gasteiger partial charge in [0.05, 0.1) is 7.11 Å². The molecule has 1 fully saturated rings. The van der Waals surface area contributed by atoms with Crippen molar-refractivity contribution in [1.82, 2.24) is 15.0 Å². The highest BCUT2D eigenvalue weighted by atomic mass is 16.5. The number of methoxy groups -OCH3 is 1. The first kappa shape index (κ1) is 14.8. The lowest BCUT2D eigenvalue weighted by molar-refractivity contribution is 0.198. The molecule has 20 heavy (non-hydrogen) atoms. The maximum absolute atomic E-state index is 5.38. The van der Waals surface area contributed by atoms with Crippen LogP contribution in [-0.4, -0.2) is 35.2 Å². The number of hydrogen-bond donors (Lipinski definition) is 2. The van der Waals surface area contributed by atoms with Gasteiger partial charge < -0.3 is 9.64 Å². The Kier molecular flexibility index (Phi) is 4.59. The van der Waals surface area contributed by atoms with Crippen molar-refractivity contribution < 1.29 is 4.74 Å². The molecule has 0 amide bonds. The molecule has 3 N–H and O–H groups in total. The first-order chi connectivity index (χ1) is 9.66. The number of anilines is 2. The summed E-state index contributed by atoms with van der Waals surface area (Å²) in [6.45, 7) is 6.47. The molecule has 7 nitrogen and oxygen atoms in total. The highest BCUT2D eigenvalue weighted by Gasteiger charge is 2.32. The Bertz CT molecular complexity index is 416. The van der Waals surface area contributed by atoms with Gasteiger partial charge in [-0.05, 0) is 18.3 Å². The van der Waals surface area contributed by atoms with Crippen molar-refractivity contribution >= 4 is 11.9 Å². The number of hydrogen-bond acceptors (Lipinski definition) is 7. The van der Waals surface area contributed by atoms with Crippen LogP contribution in [0.3, 0.4) is 0 Å². The molecule has 0 saturated carbocycles. The molecule has 0 bridgehead atoms. The van der Waals surface area contributed by atoms with E-state index in [2.05, 4.69) is 39.1 Å². The van der Waals surface area contributed by atoms with Gasteiger partial charge in [-0.2, -0.15) is 15.0 Å². The predicted octanol–water partition coefficient (Wildman–Crippen LogP) is 1.57. The van der Waals surface area contributed by atoms with E-state index in [0.29, 0.717) is 17.3 Å². The molecule has 1 saturated heterocycles. The zero-order chi connectivity index (χ0) is 14.6. The Labute approximate surface area is 119 Å².